The van der Waals surface area contributed by atoms with Gasteiger partial charge in [-0.1, -0.05) is 13.8 Å². The molecule has 0 unspecified atom stereocenters. The summed E-state index contributed by atoms with van der Waals surface area (Å²) in [6.45, 7) is 6.78. The third kappa shape index (κ3) is 4.46. The van der Waals surface area contributed by atoms with Gasteiger partial charge in [0.05, 0.1) is 5.56 Å². The zero-order valence-corrected chi connectivity index (χ0v) is 19.6. The van der Waals surface area contributed by atoms with Gasteiger partial charge in [-0.05, 0) is 93.2 Å². The maximum absolute atomic E-state index is 13.0. The molecule has 3 N–H and O–H groups in total. The lowest BCUT2D eigenvalue weighted by atomic mass is 9.53. The van der Waals surface area contributed by atoms with E-state index in [9.17, 15) is 9.59 Å². The van der Waals surface area contributed by atoms with Crippen LogP contribution in [0.5, 0.6) is 0 Å². The Labute approximate surface area is 191 Å². The molecule has 3 amide bonds. The molecule has 4 saturated carbocycles. The minimum Gasteiger partial charge on any atom is -0.371 e. The molecule has 0 aromatic heterocycles. The Morgan fingerprint density at radius 3 is 2.25 bits per heavy atom. The van der Waals surface area contributed by atoms with Gasteiger partial charge in [-0.15, -0.1) is 0 Å². The van der Waals surface area contributed by atoms with Gasteiger partial charge in [0.2, 0.25) is 0 Å². The molecule has 0 radical (unpaired) electrons. The molecule has 1 aromatic rings. The topological polar surface area (TPSA) is 73.5 Å². The molecule has 1 aromatic carbocycles. The van der Waals surface area contributed by atoms with Crippen molar-refractivity contribution in [3.8, 4) is 0 Å². The van der Waals surface area contributed by atoms with Crippen LogP contribution in [0.4, 0.5) is 16.2 Å². The fourth-order valence-corrected chi connectivity index (χ4v) is 7.09. The van der Waals surface area contributed by atoms with Crippen molar-refractivity contribution in [1.29, 1.82) is 0 Å². The number of amides is 3. The largest absolute Gasteiger partial charge is 0.371 e. The molecule has 0 spiro atoms. The summed E-state index contributed by atoms with van der Waals surface area (Å²) in [5.74, 6) is 2.69. The van der Waals surface area contributed by atoms with Crippen molar-refractivity contribution >= 4 is 23.3 Å². The van der Waals surface area contributed by atoms with Crippen LogP contribution in [0.3, 0.4) is 0 Å². The number of hydrogen-bond donors (Lipinski definition) is 3. The third-order valence-corrected chi connectivity index (χ3v) is 8.03. The minimum absolute atomic E-state index is 0.0220. The molecule has 6 heteroatoms. The van der Waals surface area contributed by atoms with Crippen LogP contribution in [-0.2, 0) is 0 Å². The van der Waals surface area contributed by atoms with E-state index in [1.165, 1.54) is 19.3 Å². The van der Waals surface area contributed by atoms with Crippen LogP contribution in [0, 0.1) is 23.7 Å². The Morgan fingerprint density at radius 1 is 1.03 bits per heavy atom. The van der Waals surface area contributed by atoms with Crippen molar-refractivity contribution in [1.82, 2.24) is 10.6 Å². The van der Waals surface area contributed by atoms with Crippen molar-refractivity contribution in [2.45, 2.75) is 70.8 Å². The highest BCUT2D eigenvalue weighted by atomic mass is 16.2. The van der Waals surface area contributed by atoms with Crippen LogP contribution >= 0.6 is 0 Å². The average Bonchev–Trinajstić information content (AvgIpc) is 3.25. The first-order valence-corrected chi connectivity index (χ1v) is 12.7. The number of anilines is 2. The maximum atomic E-state index is 13.0. The first-order chi connectivity index (χ1) is 15.4. The van der Waals surface area contributed by atoms with Crippen molar-refractivity contribution in [2.24, 2.45) is 23.7 Å². The van der Waals surface area contributed by atoms with Gasteiger partial charge in [0.15, 0.2) is 0 Å². The lowest BCUT2D eigenvalue weighted by Crippen LogP contribution is -2.60. The fraction of sp³-hybridized carbons (Fsp3) is 0.692. The van der Waals surface area contributed by atoms with Gasteiger partial charge in [0.25, 0.3) is 5.91 Å². The number of rotatable bonds is 6. The molecular weight excluding hydrogens is 400 g/mol. The number of urea groups is 1. The van der Waals surface area contributed by atoms with Crippen LogP contribution in [0.25, 0.3) is 0 Å². The summed E-state index contributed by atoms with van der Waals surface area (Å²) >= 11 is 0. The number of nitrogens with zero attached hydrogens (tertiary/aromatic N) is 1. The summed E-state index contributed by atoms with van der Waals surface area (Å²) in [5, 5.41) is 9.47. The number of carbonyl (C=O) groups excluding carboxylic acids is 2. The van der Waals surface area contributed by atoms with Gasteiger partial charge in [-0.25, -0.2) is 4.79 Å². The molecule has 4 bridgehead atoms. The Balaban J connectivity index is 1.30. The minimum atomic E-state index is -0.130. The fourth-order valence-electron chi connectivity index (χ4n) is 7.09. The SMILES string of the molecule is CC(C)CNC(=O)c1cc(NC(=O)NC23CC4CC(CC(C4)C2)C3)ccc1N1CCCC1. The average molecular weight is 439 g/mol. The monoisotopic (exact) mass is 438 g/mol. The van der Waals surface area contributed by atoms with E-state index in [1.807, 2.05) is 18.2 Å². The summed E-state index contributed by atoms with van der Waals surface area (Å²) in [6, 6.07) is 5.65. The number of hydrogen-bond acceptors (Lipinski definition) is 3. The molecule has 6 nitrogen and oxygen atoms in total. The van der Waals surface area contributed by atoms with E-state index in [0.29, 0.717) is 23.7 Å². The van der Waals surface area contributed by atoms with Crippen LogP contribution in [0.2, 0.25) is 0 Å². The van der Waals surface area contributed by atoms with Gasteiger partial charge in [0, 0.05) is 36.5 Å². The van der Waals surface area contributed by atoms with Crippen LogP contribution in [-0.4, -0.2) is 37.1 Å². The molecule has 5 aliphatic rings. The summed E-state index contributed by atoms with van der Waals surface area (Å²) < 4.78 is 0. The van der Waals surface area contributed by atoms with Gasteiger partial charge in [0.1, 0.15) is 0 Å². The highest BCUT2D eigenvalue weighted by Gasteiger charge is 2.51. The molecule has 174 valence electrons. The van der Waals surface area contributed by atoms with Crippen LogP contribution in [0.15, 0.2) is 18.2 Å². The molecule has 5 fully saturated rings. The molecule has 1 heterocycles. The van der Waals surface area contributed by atoms with Crippen molar-refractivity contribution in [3.63, 3.8) is 0 Å². The molecule has 1 aliphatic heterocycles. The van der Waals surface area contributed by atoms with E-state index in [-0.39, 0.29) is 17.5 Å². The zero-order valence-electron chi connectivity index (χ0n) is 19.6. The second-order valence-corrected chi connectivity index (χ2v) is 11.3. The molecule has 0 atom stereocenters. The second-order valence-electron chi connectivity index (χ2n) is 11.3. The van der Waals surface area contributed by atoms with E-state index in [2.05, 4.69) is 34.7 Å². The predicted octanol–water partition coefficient (Wildman–Crippen LogP) is 4.76. The smallest absolute Gasteiger partial charge is 0.319 e. The summed E-state index contributed by atoms with van der Waals surface area (Å²) in [7, 11) is 0. The summed E-state index contributed by atoms with van der Waals surface area (Å²) in [4.78, 5) is 28.3. The van der Waals surface area contributed by atoms with Gasteiger partial charge >= 0.3 is 6.03 Å². The van der Waals surface area contributed by atoms with E-state index in [4.69, 9.17) is 0 Å². The number of nitrogens with one attached hydrogen (secondary N) is 3. The lowest BCUT2D eigenvalue weighted by molar-refractivity contribution is -0.0127. The first kappa shape index (κ1) is 21.6. The zero-order chi connectivity index (χ0) is 22.3. The van der Waals surface area contributed by atoms with Gasteiger partial charge in [-0.2, -0.15) is 0 Å². The number of carbonyl (C=O) groups is 2. The molecule has 6 rings (SSSR count). The van der Waals surface area contributed by atoms with E-state index in [0.717, 1.165) is 68.6 Å². The van der Waals surface area contributed by atoms with E-state index in [1.54, 1.807) is 0 Å². The molecule has 1 saturated heterocycles. The number of benzene rings is 1. The Bertz CT molecular complexity index is 839. The molecule has 4 aliphatic carbocycles. The molecular formula is C26H38N4O2. The predicted molar refractivity (Wildman–Crippen MR) is 128 cm³/mol. The van der Waals surface area contributed by atoms with Crippen LogP contribution in [0.1, 0.15) is 75.6 Å². The van der Waals surface area contributed by atoms with Crippen molar-refractivity contribution in [3.05, 3.63) is 23.8 Å². The van der Waals surface area contributed by atoms with E-state index < -0.39 is 0 Å². The second kappa shape index (κ2) is 8.60. The highest BCUT2D eigenvalue weighted by Crippen LogP contribution is 2.55. The Kier molecular flexibility index (Phi) is 5.81. The van der Waals surface area contributed by atoms with Crippen molar-refractivity contribution in [2.75, 3.05) is 29.9 Å². The Morgan fingerprint density at radius 2 is 1.66 bits per heavy atom. The summed E-state index contributed by atoms with van der Waals surface area (Å²) in [5.41, 5.74) is 2.28. The summed E-state index contributed by atoms with van der Waals surface area (Å²) in [6.07, 6.45) is 9.76. The molecule has 32 heavy (non-hydrogen) atoms. The third-order valence-electron chi connectivity index (χ3n) is 8.03. The van der Waals surface area contributed by atoms with Crippen molar-refractivity contribution < 1.29 is 9.59 Å². The van der Waals surface area contributed by atoms with Crippen LogP contribution < -0.4 is 20.9 Å². The standard InChI is InChI=1S/C26H38N4O2/c1-17(2)16-27-24(31)22-12-21(5-6-23(22)30-7-3-4-8-30)28-25(32)29-26-13-18-9-19(14-26)11-20(10-18)15-26/h5-6,12,17-20H,3-4,7-11,13-16H2,1-2H3,(H,27,31)(H2,28,29,32). The highest BCUT2D eigenvalue weighted by molar-refractivity contribution is 6.02. The first-order valence-electron chi connectivity index (χ1n) is 12.7. The normalized spacial score (nSPS) is 30.6. The van der Waals surface area contributed by atoms with Gasteiger partial charge in [-0.3, -0.25) is 4.79 Å². The van der Waals surface area contributed by atoms with E-state index >= 15 is 0 Å². The van der Waals surface area contributed by atoms with Gasteiger partial charge < -0.3 is 20.9 Å². The quantitative estimate of drug-likeness (QED) is 0.599. The Hall–Kier alpha value is -2.24. The maximum Gasteiger partial charge on any atom is 0.319 e. The lowest BCUT2D eigenvalue weighted by Gasteiger charge is -2.56.